The summed E-state index contributed by atoms with van der Waals surface area (Å²) in [6.45, 7) is 0. The third-order valence-electron chi connectivity index (χ3n) is 2.82. The van der Waals surface area contributed by atoms with Crippen molar-refractivity contribution >= 4 is 11.6 Å². The molecule has 4 heteroatoms. The van der Waals surface area contributed by atoms with Crippen LogP contribution in [0.3, 0.4) is 0 Å². The molecule has 1 saturated carbocycles. The van der Waals surface area contributed by atoms with Crippen molar-refractivity contribution in [1.29, 1.82) is 0 Å². The Balaban J connectivity index is 1.99. The van der Waals surface area contributed by atoms with Gasteiger partial charge >= 0.3 is 0 Å². The van der Waals surface area contributed by atoms with Crippen molar-refractivity contribution in [1.82, 2.24) is 4.98 Å². The van der Waals surface area contributed by atoms with Gasteiger partial charge < -0.3 is 15.6 Å². The van der Waals surface area contributed by atoms with Crippen LogP contribution >= 0.6 is 0 Å². The number of nitrogens with zero attached hydrogens (tertiary/aromatic N) is 1. The van der Waals surface area contributed by atoms with Crippen molar-refractivity contribution in [3.63, 3.8) is 0 Å². The number of hydrogen-bond donors (Lipinski definition) is 2. The molecule has 76 valence electrons. The molecular weight excluding hydrogens is 178 g/mol. The van der Waals surface area contributed by atoms with Gasteiger partial charge in [-0.15, -0.1) is 0 Å². The highest BCUT2D eigenvalue weighted by Crippen LogP contribution is 2.28. The van der Waals surface area contributed by atoms with Crippen molar-refractivity contribution in [2.45, 2.75) is 18.9 Å². The lowest BCUT2D eigenvalue weighted by molar-refractivity contribution is -0.124. The lowest BCUT2D eigenvalue weighted by Crippen LogP contribution is -2.45. The molecule has 0 unspecified atom stereocenters. The molecule has 0 atom stereocenters. The SMILES string of the molecule is CN(C(=O)C1CC(N)C1)c1cc[nH]c1. The predicted molar refractivity (Wildman–Crippen MR) is 54.9 cm³/mol. The summed E-state index contributed by atoms with van der Waals surface area (Å²) in [5.74, 6) is 0.302. The maximum Gasteiger partial charge on any atom is 0.229 e. The van der Waals surface area contributed by atoms with E-state index < -0.39 is 0 Å². The average molecular weight is 193 g/mol. The summed E-state index contributed by atoms with van der Waals surface area (Å²) in [7, 11) is 1.80. The van der Waals surface area contributed by atoms with Crippen molar-refractivity contribution < 1.29 is 4.79 Å². The molecule has 0 spiro atoms. The largest absolute Gasteiger partial charge is 0.366 e. The highest BCUT2D eigenvalue weighted by atomic mass is 16.2. The fourth-order valence-corrected chi connectivity index (χ4v) is 1.79. The van der Waals surface area contributed by atoms with E-state index in [2.05, 4.69) is 4.98 Å². The van der Waals surface area contributed by atoms with Gasteiger partial charge in [0.25, 0.3) is 0 Å². The maximum absolute atomic E-state index is 11.8. The first-order chi connectivity index (χ1) is 6.68. The second kappa shape index (κ2) is 3.46. The van der Waals surface area contributed by atoms with Gasteiger partial charge in [0.2, 0.25) is 5.91 Å². The quantitative estimate of drug-likeness (QED) is 0.726. The average Bonchev–Trinajstić information content (AvgIpc) is 2.63. The monoisotopic (exact) mass is 193 g/mol. The zero-order valence-corrected chi connectivity index (χ0v) is 8.23. The van der Waals surface area contributed by atoms with Gasteiger partial charge in [0, 0.05) is 31.4 Å². The number of aromatic amines is 1. The molecule has 1 aliphatic rings. The van der Waals surface area contributed by atoms with E-state index >= 15 is 0 Å². The second-order valence-corrected chi connectivity index (χ2v) is 3.89. The number of rotatable bonds is 2. The Morgan fingerprint density at radius 2 is 2.36 bits per heavy atom. The van der Waals surface area contributed by atoms with Crippen LogP contribution in [0.25, 0.3) is 0 Å². The van der Waals surface area contributed by atoms with Gasteiger partial charge in [-0.3, -0.25) is 4.79 Å². The summed E-state index contributed by atoms with van der Waals surface area (Å²) in [5.41, 5.74) is 6.56. The van der Waals surface area contributed by atoms with Crippen molar-refractivity contribution in [3.8, 4) is 0 Å². The number of H-pyrrole nitrogens is 1. The van der Waals surface area contributed by atoms with Gasteiger partial charge in [-0.1, -0.05) is 0 Å². The molecule has 2 rings (SSSR count). The summed E-state index contributed by atoms with van der Waals surface area (Å²) < 4.78 is 0. The van der Waals surface area contributed by atoms with E-state index in [1.54, 1.807) is 11.9 Å². The molecule has 0 aromatic carbocycles. The van der Waals surface area contributed by atoms with Gasteiger partial charge in [-0.2, -0.15) is 0 Å². The fraction of sp³-hybridized carbons (Fsp3) is 0.500. The zero-order valence-electron chi connectivity index (χ0n) is 8.23. The molecule has 14 heavy (non-hydrogen) atoms. The molecule has 1 fully saturated rings. The topological polar surface area (TPSA) is 62.1 Å². The predicted octanol–water partition coefficient (Wildman–Crippen LogP) is 0.715. The van der Waals surface area contributed by atoms with Crippen molar-refractivity contribution in [2.75, 3.05) is 11.9 Å². The van der Waals surface area contributed by atoms with Gasteiger partial charge in [0.15, 0.2) is 0 Å². The van der Waals surface area contributed by atoms with E-state index in [1.165, 1.54) is 0 Å². The van der Waals surface area contributed by atoms with Crippen LogP contribution in [0.5, 0.6) is 0 Å². The lowest BCUT2D eigenvalue weighted by atomic mass is 9.80. The van der Waals surface area contributed by atoms with Crippen LogP contribution in [0.1, 0.15) is 12.8 Å². The molecule has 1 aromatic rings. The van der Waals surface area contributed by atoms with E-state index in [4.69, 9.17) is 5.73 Å². The Bertz CT molecular complexity index is 314. The van der Waals surface area contributed by atoms with Crippen LogP contribution in [-0.2, 0) is 4.79 Å². The molecule has 1 aromatic heterocycles. The number of amides is 1. The van der Waals surface area contributed by atoms with Crippen LogP contribution in [0.4, 0.5) is 5.69 Å². The minimum absolute atomic E-state index is 0.130. The minimum atomic E-state index is 0.130. The Morgan fingerprint density at radius 3 is 2.86 bits per heavy atom. The number of aromatic nitrogens is 1. The van der Waals surface area contributed by atoms with E-state index in [9.17, 15) is 4.79 Å². The molecular formula is C10H15N3O. The molecule has 0 aliphatic heterocycles. The standard InChI is InChI=1S/C10H15N3O/c1-13(9-2-3-12-6-9)10(14)7-4-8(11)5-7/h2-3,6-8,12H,4-5,11H2,1H3. The Kier molecular flexibility index (Phi) is 2.29. The normalized spacial score (nSPS) is 25.6. The number of carbonyl (C=O) groups is 1. The smallest absolute Gasteiger partial charge is 0.229 e. The molecule has 1 aliphatic carbocycles. The first-order valence-corrected chi connectivity index (χ1v) is 4.84. The molecule has 0 radical (unpaired) electrons. The molecule has 1 amide bonds. The Labute approximate surface area is 83.1 Å². The summed E-state index contributed by atoms with van der Waals surface area (Å²) in [6.07, 6.45) is 5.28. The molecule has 1 heterocycles. The first-order valence-electron chi connectivity index (χ1n) is 4.84. The second-order valence-electron chi connectivity index (χ2n) is 3.89. The maximum atomic E-state index is 11.8. The molecule has 0 bridgehead atoms. The third-order valence-corrected chi connectivity index (χ3v) is 2.82. The molecule has 0 saturated heterocycles. The third kappa shape index (κ3) is 1.53. The van der Waals surface area contributed by atoms with Crippen LogP contribution in [0.2, 0.25) is 0 Å². The lowest BCUT2D eigenvalue weighted by Gasteiger charge is -2.33. The Hall–Kier alpha value is -1.29. The van der Waals surface area contributed by atoms with Crippen molar-refractivity contribution in [2.24, 2.45) is 11.7 Å². The van der Waals surface area contributed by atoms with Gasteiger partial charge in [-0.05, 0) is 18.9 Å². The summed E-state index contributed by atoms with van der Waals surface area (Å²) in [5, 5.41) is 0. The minimum Gasteiger partial charge on any atom is -0.366 e. The molecule has 4 nitrogen and oxygen atoms in total. The number of hydrogen-bond acceptors (Lipinski definition) is 2. The van der Waals surface area contributed by atoms with Crippen LogP contribution in [0.15, 0.2) is 18.5 Å². The van der Waals surface area contributed by atoms with E-state index in [0.717, 1.165) is 18.5 Å². The van der Waals surface area contributed by atoms with Gasteiger partial charge in [0.1, 0.15) is 0 Å². The van der Waals surface area contributed by atoms with Crippen LogP contribution in [0, 0.1) is 5.92 Å². The fourth-order valence-electron chi connectivity index (χ4n) is 1.79. The molecule has 3 N–H and O–H groups in total. The summed E-state index contributed by atoms with van der Waals surface area (Å²) in [4.78, 5) is 16.4. The van der Waals surface area contributed by atoms with Crippen LogP contribution < -0.4 is 10.6 Å². The van der Waals surface area contributed by atoms with E-state index in [1.807, 2.05) is 18.5 Å². The number of anilines is 1. The van der Waals surface area contributed by atoms with Gasteiger partial charge in [-0.25, -0.2) is 0 Å². The summed E-state index contributed by atoms with van der Waals surface area (Å²) >= 11 is 0. The van der Waals surface area contributed by atoms with E-state index in [-0.39, 0.29) is 17.9 Å². The van der Waals surface area contributed by atoms with Gasteiger partial charge in [0.05, 0.1) is 5.69 Å². The van der Waals surface area contributed by atoms with E-state index in [0.29, 0.717) is 0 Å². The number of carbonyl (C=O) groups excluding carboxylic acids is 1. The highest BCUT2D eigenvalue weighted by molar-refractivity contribution is 5.95. The zero-order chi connectivity index (χ0) is 10.1. The van der Waals surface area contributed by atoms with Crippen LogP contribution in [-0.4, -0.2) is 24.0 Å². The highest BCUT2D eigenvalue weighted by Gasteiger charge is 2.34. The number of nitrogens with one attached hydrogen (secondary N) is 1. The number of nitrogens with two attached hydrogens (primary N) is 1. The summed E-state index contributed by atoms with van der Waals surface area (Å²) in [6, 6.07) is 2.11. The Morgan fingerprint density at radius 1 is 1.64 bits per heavy atom. The first kappa shape index (κ1) is 9.27. The van der Waals surface area contributed by atoms with Crippen molar-refractivity contribution in [3.05, 3.63) is 18.5 Å².